The van der Waals surface area contributed by atoms with Crippen LogP contribution in [0.5, 0.6) is 0 Å². The highest BCUT2D eigenvalue weighted by molar-refractivity contribution is 7.89. The average Bonchev–Trinajstić information content (AvgIpc) is 3.28. The summed E-state index contributed by atoms with van der Waals surface area (Å²) in [5, 5.41) is 5.23. The fourth-order valence-corrected chi connectivity index (χ4v) is 7.65. The van der Waals surface area contributed by atoms with Crippen molar-refractivity contribution in [3.05, 3.63) is 81.7 Å². The number of rotatable bonds is 9. The van der Waals surface area contributed by atoms with Crippen molar-refractivity contribution in [1.29, 1.82) is 0 Å². The maximum absolute atomic E-state index is 13.5. The second kappa shape index (κ2) is 12.5. The van der Waals surface area contributed by atoms with Crippen LogP contribution < -0.4 is 16.4 Å². The molecule has 12 heteroatoms. The lowest BCUT2D eigenvalue weighted by Crippen LogP contribution is -2.38. The Balaban J connectivity index is 1.58. The molecule has 0 saturated heterocycles. The van der Waals surface area contributed by atoms with Crippen LogP contribution in [0.3, 0.4) is 0 Å². The van der Waals surface area contributed by atoms with Crippen LogP contribution >= 0.6 is 11.3 Å². The van der Waals surface area contributed by atoms with Crippen molar-refractivity contribution in [2.45, 2.75) is 64.2 Å². The average molecular weight is 598 g/mol. The number of nitrogens with zero attached hydrogens (tertiary/aromatic N) is 2. The van der Waals surface area contributed by atoms with Crippen molar-refractivity contribution in [2.75, 3.05) is 11.9 Å². The summed E-state index contributed by atoms with van der Waals surface area (Å²) < 4.78 is 28.4. The van der Waals surface area contributed by atoms with E-state index in [1.54, 1.807) is 0 Å². The third-order valence-corrected chi connectivity index (χ3v) is 10.2. The summed E-state index contributed by atoms with van der Waals surface area (Å²) in [6.45, 7) is 9.38. The van der Waals surface area contributed by atoms with E-state index in [9.17, 15) is 22.8 Å². The van der Waals surface area contributed by atoms with E-state index in [0.717, 1.165) is 22.5 Å². The fourth-order valence-electron chi connectivity index (χ4n) is 4.76. The number of thiophene rings is 1. The molecule has 0 fully saturated rings. The molecule has 0 radical (unpaired) electrons. The molecule has 1 aliphatic rings. The standard InChI is InChI=1S/C29H35N5O5S2/c1-18(2)33-15-14-23-24(17-33)40-28(25(23)27(36)32-29(30)37)31-26(35)21-10-12-22(13-11-21)41(38,39)34(19(3)4)16-20-8-6-5-7-9-20/h5-13,18-19H,14-17H2,1-4H3,(H,31,35)(H3,30,32,36,37). The number of benzene rings is 2. The smallest absolute Gasteiger partial charge is 0.319 e. The molecule has 4 amide bonds. The summed E-state index contributed by atoms with van der Waals surface area (Å²) in [5.41, 5.74) is 7.30. The first kappa shape index (κ1) is 30.4. The molecule has 1 aromatic heterocycles. The van der Waals surface area contributed by atoms with Crippen molar-refractivity contribution < 1.29 is 22.8 Å². The summed E-state index contributed by atoms with van der Waals surface area (Å²) in [7, 11) is -3.84. The zero-order chi connectivity index (χ0) is 29.9. The Labute approximate surface area is 244 Å². The highest BCUT2D eigenvalue weighted by Crippen LogP contribution is 2.38. The Morgan fingerprint density at radius 2 is 1.66 bits per heavy atom. The van der Waals surface area contributed by atoms with Gasteiger partial charge in [-0.25, -0.2) is 13.2 Å². The Hall–Kier alpha value is -3.58. The predicted molar refractivity (Wildman–Crippen MR) is 159 cm³/mol. The van der Waals surface area contributed by atoms with Crippen molar-refractivity contribution in [3.63, 3.8) is 0 Å². The molecular weight excluding hydrogens is 562 g/mol. The largest absolute Gasteiger partial charge is 0.351 e. The first-order valence-electron chi connectivity index (χ1n) is 13.3. The van der Waals surface area contributed by atoms with Gasteiger partial charge in [0.25, 0.3) is 11.8 Å². The number of fused-ring (bicyclic) bond motifs is 1. The van der Waals surface area contributed by atoms with Crippen LogP contribution in [0.4, 0.5) is 9.80 Å². The summed E-state index contributed by atoms with van der Waals surface area (Å²) >= 11 is 1.29. The van der Waals surface area contributed by atoms with Crippen molar-refractivity contribution in [2.24, 2.45) is 5.73 Å². The minimum absolute atomic E-state index is 0.0700. The predicted octanol–water partition coefficient (Wildman–Crippen LogP) is 4.17. The molecule has 0 saturated carbocycles. The van der Waals surface area contributed by atoms with Gasteiger partial charge < -0.3 is 11.1 Å². The van der Waals surface area contributed by atoms with Gasteiger partial charge in [0.05, 0.1) is 10.5 Å². The van der Waals surface area contributed by atoms with Crippen LogP contribution in [-0.4, -0.2) is 54.1 Å². The lowest BCUT2D eigenvalue weighted by Gasteiger charge is -2.30. The topological polar surface area (TPSA) is 142 Å². The molecule has 0 aliphatic carbocycles. The first-order chi connectivity index (χ1) is 19.4. The lowest BCUT2D eigenvalue weighted by molar-refractivity contribution is 0.0965. The molecule has 3 aromatic rings. The zero-order valence-electron chi connectivity index (χ0n) is 23.5. The van der Waals surface area contributed by atoms with Gasteiger partial charge in [0.1, 0.15) is 5.00 Å². The van der Waals surface area contributed by atoms with E-state index in [1.165, 1.54) is 39.9 Å². The van der Waals surface area contributed by atoms with E-state index in [1.807, 2.05) is 44.2 Å². The number of imide groups is 1. The molecule has 218 valence electrons. The highest BCUT2D eigenvalue weighted by Gasteiger charge is 2.31. The Morgan fingerprint density at radius 1 is 1.00 bits per heavy atom. The molecule has 2 heterocycles. The van der Waals surface area contributed by atoms with Crippen LogP contribution in [0, 0.1) is 0 Å². The Kier molecular flexibility index (Phi) is 9.27. The second-order valence-electron chi connectivity index (χ2n) is 10.4. The molecule has 0 atom stereocenters. The Bertz CT molecular complexity index is 1530. The number of urea groups is 1. The molecule has 4 N–H and O–H groups in total. The van der Waals surface area contributed by atoms with Gasteiger partial charge in [-0.3, -0.25) is 19.8 Å². The summed E-state index contributed by atoms with van der Waals surface area (Å²) in [5.74, 6) is -1.18. The monoisotopic (exact) mass is 597 g/mol. The van der Waals surface area contributed by atoms with Crippen molar-refractivity contribution in [1.82, 2.24) is 14.5 Å². The summed E-state index contributed by atoms with van der Waals surface area (Å²) in [6.07, 6.45) is 0.587. The molecular formula is C29H35N5O5S2. The van der Waals surface area contributed by atoms with Gasteiger partial charge in [-0.05, 0) is 69.5 Å². The number of sulfonamides is 1. The number of nitrogens with two attached hydrogens (primary N) is 1. The van der Waals surface area contributed by atoms with Gasteiger partial charge in [-0.15, -0.1) is 11.3 Å². The third-order valence-electron chi connectivity index (χ3n) is 6.99. The van der Waals surface area contributed by atoms with E-state index in [2.05, 4.69) is 29.4 Å². The van der Waals surface area contributed by atoms with Crippen molar-refractivity contribution in [3.8, 4) is 0 Å². The highest BCUT2D eigenvalue weighted by atomic mass is 32.2. The van der Waals surface area contributed by atoms with E-state index in [0.29, 0.717) is 24.0 Å². The molecule has 0 unspecified atom stereocenters. The van der Waals surface area contributed by atoms with Crippen LogP contribution in [0.25, 0.3) is 0 Å². The van der Waals surface area contributed by atoms with Gasteiger partial charge in [-0.2, -0.15) is 4.31 Å². The molecule has 2 aromatic carbocycles. The van der Waals surface area contributed by atoms with E-state index >= 15 is 0 Å². The number of nitrogens with one attached hydrogen (secondary N) is 2. The summed E-state index contributed by atoms with van der Waals surface area (Å²) in [6, 6.07) is 14.1. The minimum atomic E-state index is -3.84. The van der Waals surface area contributed by atoms with E-state index in [4.69, 9.17) is 5.73 Å². The molecule has 10 nitrogen and oxygen atoms in total. The zero-order valence-corrected chi connectivity index (χ0v) is 25.1. The molecule has 0 bridgehead atoms. The number of hydrogen-bond acceptors (Lipinski definition) is 7. The van der Waals surface area contributed by atoms with Crippen LogP contribution in [-0.2, 0) is 29.5 Å². The lowest BCUT2D eigenvalue weighted by atomic mass is 10.0. The quantitative estimate of drug-likeness (QED) is 0.338. The maximum Gasteiger partial charge on any atom is 0.319 e. The number of anilines is 1. The van der Waals surface area contributed by atoms with Crippen LogP contribution in [0.15, 0.2) is 59.5 Å². The number of carbonyl (C=O) groups excluding carboxylic acids is 3. The van der Waals surface area contributed by atoms with E-state index < -0.39 is 27.9 Å². The maximum atomic E-state index is 13.5. The van der Waals surface area contributed by atoms with E-state index in [-0.39, 0.29) is 28.6 Å². The fraction of sp³-hybridized carbons (Fsp3) is 0.345. The van der Waals surface area contributed by atoms with Gasteiger partial charge >= 0.3 is 6.03 Å². The number of primary amides is 1. The SMILES string of the molecule is CC(C)N1CCc2c(sc(NC(=O)c3ccc(S(=O)(=O)N(Cc4ccccc4)C(C)C)cc3)c2C(=O)NC(N)=O)C1. The second-order valence-corrected chi connectivity index (χ2v) is 13.4. The number of amides is 4. The minimum Gasteiger partial charge on any atom is -0.351 e. The molecule has 1 aliphatic heterocycles. The van der Waals surface area contributed by atoms with Crippen LogP contribution in [0.2, 0.25) is 0 Å². The van der Waals surface area contributed by atoms with Gasteiger partial charge in [0, 0.05) is 42.2 Å². The normalized spacial score (nSPS) is 13.8. The Morgan fingerprint density at radius 3 is 2.24 bits per heavy atom. The summed E-state index contributed by atoms with van der Waals surface area (Å²) in [4.78, 5) is 40.8. The number of carbonyl (C=O) groups is 3. The van der Waals surface area contributed by atoms with Gasteiger partial charge in [0.2, 0.25) is 10.0 Å². The molecule has 0 spiro atoms. The molecule has 41 heavy (non-hydrogen) atoms. The van der Waals surface area contributed by atoms with Gasteiger partial charge in [0.15, 0.2) is 0 Å². The number of hydrogen-bond donors (Lipinski definition) is 3. The third kappa shape index (κ3) is 6.84. The first-order valence-corrected chi connectivity index (χ1v) is 15.6. The van der Waals surface area contributed by atoms with Crippen molar-refractivity contribution >= 4 is 44.2 Å². The van der Waals surface area contributed by atoms with Gasteiger partial charge in [-0.1, -0.05) is 30.3 Å². The molecule has 4 rings (SSSR count). The van der Waals surface area contributed by atoms with Crippen LogP contribution in [0.1, 0.15) is 64.4 Å².